The monoisotopic (exact) mass is 222 g/mol. The lowest BCUT2D eigenvalue weighted by Gasteiger charge is -1.80. The summed E-state index contributed by atoms with van der Waals surface area (Å²) in [7, 11) is 0. The second-order valence-corrected chi connectivity index (χ2v) is 2.72. The summed E-state index contributed by atoms with van der Waals surface area (Å²) in [5.74, 6) is 0.639. The Hall–Kier alpha value is -2.64. The summed E-state index contributed by atoms with van der Waals surface area (Å²) in [6.07, 6.45) is 2.22. The first-order valence-corrected chi connectivity index (χ1v) is 4.12. The molecular weight excluding hydrogens is 216 g/mol. The number of hydrogen-bond acceptors (Lipinski definition) is 8. The fourth-order valence-electron chi connectivity index (χ4n) is 1.05. The molecule has 16 heavy (non-hydrogen) atoms. The summed E-state index contributed by atoms with van der Waals surface area (Å²) < 4.78 is 9.80. The number of nitrogens with zero attached hydrogens (tertiary/aromatic N) is 4. The van der Waals surface area contributed by atoms with Gasteiger partial charge >= 0.3 is 0 Å². The van der Waals surface area contributed by atoms with Crippen LogP contribution in [-0.4, -0.2) is 33.2 Å². The van der Waals surface area contributed by atoms with Crippen molar-refractivity contribution >= 4 is 12.4 Å². The topological polar surface area (TPSA) is 117 Å². The molecule has 2 aromatic rings. The number of aromatic nitrogens is 2. The van der Waals surface area contributed by atoms with Gasteiger partial charge in [-0.2, -0.15) is 0 Å². The van der Waals surface area contributed by atoms with Gasteiger partial charge in [-0.3, -0.25) is 0 Å². The van der Waals surface area contributed by atoms with Gasteiger partial charge < -0.3 is 19.5 Å². The highest BCUT2D eigenvalue weighted by molar-refractivity contribution is 5.79. The molecule has 2 N–H and O–H groups in total. The average Bonchev–Trinajstić information content (AvgIpc) is 2.87. The third kappa shape index (κ3) is 1.90. The van der Waals surface area contributed by atoms with Crippen LogP contribution in [-0.2, 0) is 0 Å². The highest BCUT2D eigenvalue weighted by Crippen LogP contribution is 2.20. The fourth-order valence-corrected chi connectivity index (χ4v) is 1.05. The van der Waals surface area contributed by atoms with E-state index in [1.807, 2.05) is 0 Å². The van der Waals surface area contributed by atoms with Crippen molar-refractivity contribution in [3.05, 3.63) is 23.5 Å². The van der Waals surface area contributed by atoms with Gasteiger partial charge in [0, 0.05) is 12.1 Å². The van der Waals surface area contributed by atoms with E-state index in [1.54, 1.807) is 0 Å². The zero-order valence-corrected chi connectivity index (χ0v) is 7.81. The maximum absolute atomic E-state index is 8.28. The zero-order chi connectivity index (χ0) is 11.4. The van der Waals surface area contributed by atoms with Gasteiger partial charge in [0.2, 0.25) is 11.5 Å². The summed E-state index contributed by atoms with van der Waals surface area (Å²) in [6.45, 7) is 0. The van der Waals surface area contributed by atoms with E-state index in [9.17, 15) is 0 Å². The number of rotatable bonds is 3. The molecule has 0 aliphatic carbocycles. The molecule has 0 unspecified atom stereocenters. The van der Waals surface area contributed by atoms with Crippen molar-refractivity contribution in [1.82, 2.24) is 10.3 Å². The molecule has 0 fully saturated rings. The molecule has 0 bridgehead atoms. The van der Waals surface area contributed by atoms with Crippen LogP contribution in [0.25, 0.3) is 11.5 Å². The van der Waals surface area contributed by atoms with Crippen molar-refractivity contribution in [3.8, 4) is 11.5 Å². The highest BCUT2D eigenvalue weighted by atomic mass is 16.5. The van der Waals surface area contributed by atoms with Gasteiger partial charge in [-0.05, 0) is 0 Å². The molecule has 8 nitrogen and oxygen atoms in total. The maximum Gasteiger partial charge on any atom is 0.205 e. The Labute approximate surface area is 88.4 Å². The highest BCUT2D eigenvalue weighted by Gasteiger charge is 2.11. The molecule has 0 atom stereocenters. The van der Waals surface area contributed by atoms with E-state index in [2.05, 4.69) is 20.6 Å². The van der Waals surface area contributed by atoms with Crippen LogP contribution in [0.2, 0.25) is 0 Å². The molecule has 0 aliphatic heterocycles. The summed E-state index contributed by atoms with van der Waals surface area (Å²) in [5, 5.41) is 29.3. The van der Waals surface area contributed by atoms with E-state index in [1.165, 1.54) is 12.1 Å². The largest absolute Gasteiger partial charge is 0.411 e. The molecule has 0 amide bonds. The Morgan fingerprint density at radius 1 is 0.938 bits per heavy atom. The zero-order valence-electron chi connectivity index (χ0n) is 7.81. The van der Waals surface area contributed by atoms with Gasteiger partial charge in [0.15, 0.2) is 0 Å². The van der Waals surface area contributed by atoms with Gasteiger partial charge in [-0.1, -0.05) is 20.6 Å². The summed E-state index contributed by atoms with van der Waals surface area (Å²) in [6, 6.07) is 3.00. The van der Waals surface area contributed by atoms with Crippen LogP contribution >= 0.6 is 0 Å². The van der Waals surface area contributed by atoms with Crippen LogP contribution in [0, 0.1) is 0 Å². The first kappa shape index (κ1) is 9.90. The minimum Gasteiger partial charge on any atom is -0.411 e. The Morgan fingerprint density at radius 2 is 1.38 bits per heavy atom. The summed E-state index contributed by atoms with van der Waals surface area (Å²) >= 11 is 0. The molecule has 2 rings (SSSR count). The van der Waals surface area contributed by atoms with E-state index in [0.29, 0.717) is 22.9 Å². The quantitative estimate of drug-likeness (QED) is 0.453. The number of oxime groups is 2. The minimum absolute atomic E-state index is 0.319. The van der Waals surface area contributed by atoms with Crippen LogP contribution in [0.5, 0.6) is 0 Å². The van der Waals surface area contributed by atoms with Crippen LogP contribution in [0.15, 0.2) is 31.5 Å². The Bertz CT molecular complexity index is 479. The van der Waals surface area contributed by atoms with Crippen LogP contribution in [0.4, 0.5) is 0 Å². The molecule has 0 saturated heterocycles. The summed E-state index contributed by atoms with van der Waals surface area (Å²) in [5.41, 5.74) is 0.678. The lowest BCUT2D eigenvalue weighted by atomic mass is 10.3. The van der Waals surface area contributed by atoms with Crippen molar-refractivity contribution in [3.63, 3.8) is 0 Å². The Kier molecular flexibility index (Phi) is 2.63. The molecule has 8 heteroatoms. The molecule has 2 heterocycles. The van der Waals surface area contributed by atoms with E-state index in [4.69, 9.17) is 19.5 Å². The SMILES string of the molecule is ON=Cc1cc(-c2cc(C=NO)no2)on1. The van der Waals surface area contributed by atoms with Crippen LogP contribution in [0.3, 0.4) is 0 Å². The molecule has 0 aliphatic rings. The normalized spacial score (nSPS) is 11.8. The standard InChI is InChI=1S/C8H6N4O4/c13-9-3-5-1-7(15-11-5)8-2-6(4-10-14)12-16-8/h1-4,13-14H. The second-order valence-electron chi connectivity index (χ2n) is 2.72. The maximum atomic E-state index is 8.28. The smallest absolute Gasteiger partial charge is 0.205 e. The van der Waals surface area contributed by atoms with E-state index < -0.39 is 0 Å². The fraction of sp³-hybridized carbons (Fsp3) is 0. The van der Waals surface area contributed by atoms with Crippen molar-refractivity contribution in [2.24, 2.45) is 10.3 Å². The second kappa shape index (κ2) is 4.26. The molecule has 0 aromatic carbocycles. The molecule has 82 valence electrons. The van der Waals surface area contributed by atoms with Crippen LogP contribution < -0.4 is 0 Å². The van der Waals surface area contributed by atoms with Crippen molar-refractivity contribution < 1.29 is 19.5 Å². The van der Waals surface area contributed by atoms with Crippen molar-refractivity contribution in [2.75, 3.05) is 0 Å². The van der Waals surface area contributed by atoms with Gasteiger partial charge in [-0.25, -0.2) is 0 Å². The molecular formula is C8H6N4O4. The van der Waals surface area contributed by atoms with Crippen molar-refractivity contribution in [1.29, 1.82) is 0 Å². The predicted octanol–water partition coefficient (Wildman–Crippen LogP) is 0.946. The van der Waals surface area contributed by atoms with Gasteiger partial charge in [-0.15, -0.1) is 0 Å². The van der Waals surface area contributed by atoms with Crippen LogP contribution in [0.1, 0.15) is 11.4 Å². The minimum atomic E-state index is 0.319. The van der Waals surface area contributed by atoms with E-state index >= 15 is 0 Å². The first-order chi connectivity index (χ1) is 7.83. The third-order valence-corrected chi connectivity index (χ3v) is 1.68. The third-order valence-electron chi connectivity index (χ3n) is 1.68. The Balaban J connectivity index is 2.27. The predicted molar refractivity (Wildman–Crippen MR) is 50.8 cm³/mol. The molecule has 2 aromatic heterocycles. The lowest BCUT2D eigenvalue weighted by molar-refractivity contribution is 0.321. The average molecular weight is 222 g/mol. The summed E-state index contributed by atoms with van der Waals surface area (Å²) in [4.78, 5) is 0. The molecule has 0 spiro atoms. The van der Waals surface area contributed by atoms with E-state index in [0.717, 1.165) is 12.4 Å². The van der Waals surface area contributed by atoms with E-state index in [-0.39, 0.29) is 0 Å². The first-order valence-electron chi connectivity index (χ1n) is 4.12. The van der Waals surface area contributed by atoms with Gasteiger partial charge in [0.25, 0.3) is 0 Å². The van der Waals surface area contributed by atoms with Gasteiger partial charge in [0.1, 0.15) is 11.4 Å². The molecule has 0 radical (unpaired) electrons. The van der Waals surface area contributed by atoms with Gasteiger partial charge in [0.05, 0.1) is 12.4 Å². The number of hydrogen-bond donors (Lipinski definition) is 2. The molecule has 0 saturated carbocycles. The Morgan fingerprint density at radius 3 is 1.75 bits per heavy atom. The lowest BCUT2D eigenvalue weighted by Crippen LogP contribution is -1.76. The van der Waals surface area contributed by atoms with Crippen molar-refractivity contribution in [2.45, 2.75) is 0 Å².